The molecule has 12 heavy (non-hydrogen) atoms. The summed E-state index contributed by atoms with van der Waals surface area (Å²) >= 11 is 0. The first-order chi connectivity index (χ1) is 5.83. The molecule has 0 heteroatoms. The summed E-state index contributed by atoms with van der Waals surface area (Å²) in [5.74, 6) is 0. The molecule has 0 aliphatic rings. The van der Waals surface area contributed by atoms with E-state index >= 15 is 0 Å². The first-order valence-electron chi connectivity index (χ1n) is 4.31. The fourth-order valence-corrected chi connectivity index (χ4v) is 0.444. The van der Waals surface area contributed by atoms with E-state index in [-0.39, 0.29) is 0 Å². The average Bonchev–Trinajstić information content (AvgIpc) is 2.12. The standard InChI is InChI=1S/2C6H10/c2*1-3-5-6-4-2/h2*3-6H,1-2H3/b2*5-3+,6-4+. The molecule has 0 aromatic heterocycles. The largest absolute Gasteiger partial charge is 0.0877 e. The second-order valence-electron chi connectivity index (χ2n) is 2.10. The van der Waals surface area contributed by atoms with Crippen LogP contribution in [0.4, 0.5) is 0 Å². The second-order valence-corrected chi connectivity index (χ2v) is 2.10. The van der Waals surface area contributed by atoms with Crippen molar-refractivity contribution in [3.8, 4) is 0 Å². The minimum Gasteiger partial charge on any atom is -0.0877 e. The molecule has 0 bridgehead atoms. The Balaban J connectivity index is 0. The van der Waals surface area contributed by atoms with Gasteiger partial charge in [-0.05, 0) is 27.7 Å². The zero-order valence-electron chi connectivity index (χ0n) is 8.62. The molecule has 0 fully saturated rings. The van der Waals surface area contributed by atoms with Crippen molar-refractivity contribution in [3.63, 3.8) is 0 Å². The van der Waals surface area contributed by atoms with Crippen molar-refractivity contribution in [2.75, 3.05) is 0 Å². The van der Waals surface area contributed by atoms with Crippen molar-refractivity contribution in [2.24, 2.45) is 0 Å². The van der Waals surface area contributed by atoms with Crippen LogP contribution in [0.1, 0.15) is 27.7 Å². The molecule has 0 aliphatic carbocycles. The van der Waals surface area contributed by atoms with E-state index in [9.17, 15) is 0 Å². The van der Waals surface area contributed by atoms with Gasteiger partial charge in [0, 0.05) is 0 Å². The van der Waals surface area contributed by atoms with Crippen LogP contribution in [0.2, 0.25) is 0 Å². The number of hydrogen-bond donors (Lipinski definition) is 0. The lowest BCUT2D eigenvalue weighted by Gasteiger charge is -1.62. The van der Waals surface area contributed by atoms with Gasteiger partial charge in [-0.3, -0.25) is 0 Å². The van der Waals surface area contributed by atoms with Crippen molar-refractivity contribution < 1.29 is 0 Å². The van der Waals surface area contributed by atoms with Gasteiger partial charge in [-0.25, -0.2) is 0 Å². The molecule has 0 spiro atoms. The van der Waals surface area contributed by atoms with Crippen LogP contribution < -0.4 is 0 Å². The summed E-state index contributed by atoms with van der Waals surface area (Å²) in [4.78, 5) is 0. The molecule has 0 amide bonds. The van der Waals surface area contributed by atoms with Gasteiger partial charge in [0.25, 0.3) is 0 Å². The van der Waals surface area contributed by atoms with E-state index in [0.717, 1.165) is 0 Å². The number of allylic oxidation sites excluding steroid dienone is 8. The Morgan fingerprint density at radius 2 is 0.583 bits per heavy atom. The Morgan fingerprint density at radius 3 is 0.667 bits per heavy atom. The fourth-order valence-electron chi connectivity index (χ4n) is 0.444. The van der Waals surface area contributed by atoms with Crippen molar-refractivity contribution in [1.82, 2.24) is 0 Å². The van der Waals surface area contributed by atoms with Crippen LogP contribution in [0.15, 0.2) is 48.6 Å². The molecule has 68 valence electrons. The van der Waals surface area contributed by atoms with E-state index in [2.05, 4.69) is 0 Å². The van der Waals surface area contributed by atoms with Crippen LogP contribution in [-0.2, 0) is 0 Å². The number of hydrogen-bond acceptors (Lipinski definition) is 0. The molecule has 0 radical (unpaired) electrons. The highest BCUT2D eigenvalue weighted by atomic mass is 13.6. The van der Waals surface area contributed by atoms with E-state index in [1.807, 2.05) is 76.3 Å². The molecule has 0 nitrogen and oxygen atoms in total. The summed E-state index contributed by atoms with van der Waals surface area (Å²) in [5.41, 5.74) is 0. The lowest BCUT2D eigenvalue weighted by atomic mass is 10.5. The predicted molar refractivity (Wildman–Crippen MR) is 59.3 cm³/mol. The SMILES string of the molecule is C/C=C/C=C/C.C/C=C/C=C/C. The normalized spacial score (nSPS) is 11.7. The molecule has 0 aromatic rings. The van der Waals surface area contributed by atoms with Gasteiger partial charge in [0.15, 0.2) is 0 Å². The summed E-state index contributed by atoms with van der Waals surface area (Å²) in [5, 5.41) is 0. The van der Waals surface area contributed by atoms with E-state index in [1.165, 1.54) is 0 Å². The summed E-state index contributed by atoms with van der Waals surface area (Å²) < 4.78 is 0. The lowest BCUT2D eigenvalue weighted by molar-refractivity contribution is 1.69. The lowest BCUT2D eigenvalue weighted by Crippen LogP contribution is -1.40. The van der Waals surface area contributed by atoms with E-state index in [4.69, 9.17) is 0 Å². The summed E-state index contributed by atoms with van der Waals surface area (Å²) in [6.45, 7) is 8.00. The van der Waals surface area contributed by atoms with Gasteiger partial charge in [0.2, 0.25) is 0 Å². The molecule has 0 atom stereocenters. The van der Waals surface area contributed by atoms with Gasteiger partial charge < -0.3 is 0 Å². The molecule has 0 unspecified atom stereocenters. The molecule has 0 saturated heterocycles. The molecule has 0 heterocycles. The third kappa shape index (κ3) is 23.1. The van der Waals surface area contributed by atoms with Gasteiger partial charge >= 0.3 is 0 Å². The molecule has 0 aromatic carbocycles. The van der Waals surface area contributed by atoms with Gasteiger partial charge in [0.05, 0.1) is 0 Å². The van der Waals surface area contributed by atoms with Crippen LogP contribution >= 0.6 is 0 Å². The Hall–Kier alpha value is -1.04. The third-order valence-corrected chi connectivity index (χ3v) is 0.992. The van der Waals surface area contributed by atoms with Gasteiger partial charge in [-0.1, -0.05) is 48.6 Å². The molecule has 0 saturated carbocycles. The van der Waals surface area contributed by atoms with E-state index in [1.54, 1.807) is 0 Å². The van der Waals surface area contributed by atoms with E-state index < -0.39 is 0 Å². The van der Waals surface area contributed by atoms with E-state index in [0.29, 0.717) is 0 Å². The van der Waals surface area contributed by atoms with Crippen molar-refractivity contribution in [1.29, 1.82) is 0 Å². The first-order valence-corrected chi connectivity index (χ1v) is 4.31. The van der Waals surface area contributed by atoms with Crippen LogP contribution in [0.3, 0.4) is 0 Å². The monoisotopic (exact) mass is 164 g/mol. The first kappa shape index (κ1) is 13.5. The molecule has 0 rings (SSSR count). The Labute approximate surface area is 77.0 Å². The molecular formula is C12H20. The maximum Gasteiger partial charge on any atom is -0.0467 e. The smallest absolute Gasteiger partial charge is 0.0467 e. The summed E-state index contributed by atoms with van der Waals surface area (Å²) in [6.07, 6.45) is 16.0. The van der Waals surface area contributed by atoms with Gasteiger partial charge in [0.1, 0.15) is 0 Å². The van der Waals surface area contributed by atoms with Crippen molar-refractivity contribution in [3.05, 3.63) is 48.6 Å². The van der Waals surface area contributed by atoms with Gasteiger partial charge in [-0.2, -0.15) is 0 Å². The minimum atomic E-state index is 2.00. The topological polar surface area (TPSA) is 0 Å². The number of rotatable bonds is 2. The maximum absolute atomic E-state index is 2.00. The highest BCUT2D eigenvalue weighted by Crippen LogP contribution is 1.71. The van der Waals surface area contributed by atoms with Gasteiger partial charge in [-0.15, -0.1) is 0 Å². The van der Waals surface area contributed by atoms with Crippen LogP contribution in [0, 0.1) is 0 Å². The minimum absolute atomic E-state index is 2.00. The second kappa shape index (κ2) is 16.5. The quantitative estimate of drug-likeness (QED) is 0.534. The van der Waals surface area contributed by atoms with Crippen molar-refractivity contribution in [2.45, 2.75) is 27.7 Å². The van der Waals surface area contributed by atoms with Crippen LogP contribution in [0.5, 0.6) is 0 Å². The van der Waals surface area contributed by atoms with Crippen LogP contribution in [-0.4, -0.2) is 0 Å². The maximum atomic E-state index is 2.00. The Bertz CT molecular complexity index is 117. The molecule has 0 aliphatic heterocycles. The third-order valence-electron chi connectivity index (χ3n) is 0.992. The highest BCUT2D eigenvalue weighted by molar-refractivity contribution is 4.99. The zero-order chi connectivity index (χ0) is 9.66. The van der Waals surface area contributed by atoms with Crippen molar-refractivity contribution >= 4 is 0 Å². The highest BCUT2D eigenvalue weighted by Gasteiger charge is 1.49. The summed E-state index contributed by atoms with van der Waals surface area (Å²) in [6, 6.07) is 0. The molecular weight excluding hydrogens is 144 g/mol. The predicted octanol–water partition coefficient (Wildman–Crippen LogP) is 4.28. The van der Waals surface area contributed by atoms with Crippen LogP contribution in [0.25, 0.3) is 0 Å². The zero-order valence-corrected chi connectivity index (χ0v) is 8.62. The Morgan fingerprint density at radius 1 is 0.417 bits per heavy atom. The fraction of sp³-hybridized carbons (Fsp3) is 0.333. The average molecular weight is 164 g/mol. The summed E-state index contributed by atoms with van der Waals surface area (Å²) in [7, 11) is 0. The molecule has 0 N–H and O–H groups in total. The Kier molecular flexibility index (Phi) is 18.6.